The summed E-state index contributed by atoms with van der Waals surface area (Å²) in [7, 11) is -5.82. The summed E-state index contributed by atoms with van der Waals surface area (Å²) < 4.78 is 64.4. The highest BCUT2D eigenvalue weighted by Gasteiger charge is 2.48. The minimum absolute atomic E-state index is 0.101. The van der Waals surface area contributed by atoms with E-state index in [1.807, 2.05) is 0 Å². The number of amides is 2. The van der Waals surface area contributed by atoms with Gasteiger partial charge in [0.1, 0.15) is 0 Å². The van der Waals surface area contributed by atoms with Crippen LogP contribution >= 0.6 is 11.8 Å². The van der Waals surface area contributed by atoms with Crippen molar-refractivity contribution < 1.29 is 35.4 Å². The van der Waals surface area contributed by atoms with Gasteiger partial charge in [0.2, 0.25) is 0 Å². The lowest BCUT2D eigenvalue weighted by Crippen LogP contribution is -2.28. The number of thioether (sulfide) groups is 1. The fourth-order valence-corrected chi connectivity index (χ4v) is 3.37. The summed E-state index contributed by atoms with van der Waals surface area (Å²) in [6, 6.07) is 8.33. The summed E-state index contributed by atoms with van der Waals surface area (Å²) in [4.78, 5) is 23.0. The lowest BCUT2D eigenvalue weighted by Gasteiger charge is -2.12. The molecule has 0 saturated carbocycles. The van der Waals surface area contributed by atoms with Crippen molar-refractivity contribution in [1.29, 1.82) is 0 Å². The number of alkyl halides is 3. The highest BCUT2D eigenvalue weighted by molar-refractivity contribution is 8.18. The molecule has 1 fully saturated rings. The first-order valence-electron chi connectivity index (χ1n) is 6.86. The standard InChI is InChI=1S/C15H8F3NO5S2/c16-15(17,18)26(22,23)24-11-6-5-8(9-3-1-2-4-10(9)11)7-12-13(20)19-14(21)25-12/h1-7H,(H,19,20,21)/b12-7-. The number of halogens is 3. The molecule has 0 bridgehead atoms. The van der Waals surface area contributed by atoms with Gasteiger partial charge < -0.3 is 4.18 Å². The molecule has 1 aliphatic heterocycles. The first-order chi connectivity index (χ1) is 12.1. The van der Waals surface area contributed by atoms with Crippen molar-refractivity contribution in [3.8, 4) is 5.75 Å². The van der Waals surface area contributed by atoms with E-state index >= 15 is 0 Å². The van der Waals surface area contributed by atoms with Crippen LogP contribution in [0.25, 0.3) is 16.8 Å². The Labute approximate surface area is 149 Å². The Kier molecular flexibility index (Phi) is 4.44. The van der Waals surface area contributed by atoms with E-state index in [2.05, 4.69) is 9.50 Å². The number of imide groups is 1. The van der Waals surface area contributed by atoms with E-state index in [4.69, 9.17) is 0 Å². The van der Waals surface area contributed by atoms with Crippen LogP contribution in [-0.2, 0) is 14.9 Å². The first-order valence-corrected chi connectivity index (χ1v) is 9.08. The van der Waals surface area contributed by atoms with Crippen LogP contribution in [0.1, 0.15) is 5.56 Å². The number of hydrogen-bond acceptors (Lipinski definition) is 6. The molecule has 0 aromatic heterocycles. The van der Waals surface area contributed by atoms with Gasteiger partial charge in [-0.15, -0.1) is 0 Å². The van der Waals surface area contributed by atoms with Gasteiger partial charge in [-0.1, -0.05) is 30.3 Å². The number of rotatable bonds is 3. The summed E-state index contributed by atoms with van der Waals surface area (Å²) in [5.74, 6) is -1.09. The fourth-order valence-electron chi connectivity index (χ4n) is 2.22. The van der Waals surface area contributed by atoms with Gasteiger partial charge in [0.25, 0.3) is 11.1 Å². The van der Waals surface area contributed by atoms with Gasteiger partial charge in [0, 0.05) is 5.39 Å². The van der Waals surface area contributed by atoms with Crippen molar-refractivity contribution in [2.24, 2.45) is 0 Å². The summed E-state index contributed by atoms with van der Waals surface area (Å²) in [5.41, 5.74) is -5.15. The molecule has 136 valence electrons. The predicted octanol–water partition coefficient (Wildman–Crippen LogP) is 3.39. The van der Waals surface area contributed by atoms with Crippen LogP contribution in [0.4, 0.5) is 18.0 Å². The summed E-state index contributed by atoms with van der Waals surface area (Å²) >= 11 is 0.680. The van der Waals surface area contributed by atoms with E-state index < -0.39 is 32.5 Å². The van der Waals surface area contributed by atoms with E-state index in [9.17, 15) is 31.2 Å². The number of nitrogens with one attached hydrogen (secondary N) is 1. The Bertz CT molecular complexity index is 1060. The fraction of sp³-hybridized carbons (Fsp3) is 0.0667. The van der Waals surface area contributed by atoms with Crippen LogP contribution in [0.2, 0.25) is 0 Å². The molecule has 6 nitrogen and oxygen atoms in total. The Balaban J connectivity index is 2.10. The molecule has 0 aliphatic carbocycles. The van der Waals surface area contributed by atoms with Gasteiger partial charge in [-0.05, 0) is 34.9 Å². The number of carbonyl (C=O) groups is 2. The normalized spacial score (nSPS) is 17.0. The highest BCUT2D eigenvalue weighted by atomic mass is 32.2. The van der Waals surface area contributed by atoms with Crippen molar-refractivity contribution in [1.82, 2.24) is 5.32 Å². The van der Waals surface area contributed by atoms with Crippen molar-refractivity contribution in [3.63, 3.8) is 0 Å². The number of benzene rings is 2. The second kappa shape index (κ2) is 6.32. The van der Waals surface area contributed by atoms with Gasteiger partial charge in [-0.25, -0.2) is 0 Å². The second-order valence-corrected chi connectivity index (χ2v) is 7.59. The molecular weight excluding hydrogens is 395 g/mol. The Morgan fingerprint density at radius 3 is 2.27 bits per heavy atom. The van der Waals surface area contributed by atoms with Gasteiger partial charge in [0.15, 0.2) is 5.75 Å². The number of hydrogen-bond donors (Lipinski definition) is 1. The third-order valence-electron chi connectivity index (χ3n) is 3.33. The first kappa shape index (κ1) is 18.3. The molecule has 3 rings (SSSR count). The molecule has 11 heteroatoms. The molecule has 0 radical (unpaired) electrons. The smallest absolute Gasteiger partial charge is 0.375 e. The van der Waals surface area contributed by atoms with Gasteiger partial charge in [-0.3, -0.25) is 14.9 Å². The molecule has 0 unspecified atom stereocenters. The maximum absolute atomic E-state index is 12.5. The SMILES string of the molecule is O=C1NC(=O)/C(=C/c2ccc(OS(=O)(=O)C(F)(F)F)c3ccccc23)S1. The Morgan fingerprint density at radius 2 is 1.69 bits per heavy atom. The quantitative estimate of drug-likeness (QED) is 0.480. The third-order valence-corrected chi connectivity index (χ3v) is 5.11. The monoisotopic (exact) mass is 403 g/mol. The minimum atomic E-state index is -5.82. The molecule has 1 aliphatic rings. The van der Waals surface area contributed by atoms with Crippen LogP contribution in [0.5, 0.6) is 5.75 Å². The van der Waals surface area contributed by atoms with Crippen molar-refractivity contribution in [3.05, 3.63) is 46.9 Å². The second-order valence-electron chi connectivity index (χ2n) is 5.03. The molecular formula is C15H8F3NO5S2. The van der Waals surface area contributed by atoms with Gasteiger partial charge >= 0.3 is 15.6 Å². The number of carbonyl (C=O) groups excluding carboxylic acids is 2. The van der Waals surface area contributed by atoms with Crippen LogP contribution in [0.3, 0.4) is 0 Å². The largest absolute Gasteiger partial charge is 0.534 e. The molecule has 2 amide bonds. The molecule has 0 spiro atoms. The van der Waals surface area contributed by atoms with Crippen molar-refractivity contribution in [2.45, 2.75) is 5.51 Å². The van der Waals surface area contributed by atoms with Crippen LogP contribution in [-0.4, -0.2) is 25.1 Å². The highest BCUT2D eigenvalue weighted by Crippen LogP contribution is 2.35. The van der Waals surface area contributed by atoms with Gasteiger partial charge in [-0.2, -0.15) is 21.6 Å². The summed E-state index contributed by atoms with van der Waals surface area (Å²) in [6.07, 6.45) is 1.38. The summed E-state index contributed by atoms with van der Waals surface area (Å²) in [5, 5.41) is 1.99. The molecule has 2 aromatic carbocycles. The lowest BCUT2D eigenvalue weighted by molar-refractivity contribution is -0.115. The minimum Gasteiger partial charge on any atom is -0.375 e. The third kappa shape index (κ3) is 3.40. The average Bonchev–Trinajstić information content (AvgIpc) is 2.86. The van der Waals surface area contributed by atoms with E-state index in [0.29, 0.717) is 22.7 Å². The predicted molar refractivity (Wildman–Crippen MR) is 88.7 cm³/mol. The maximum atomic E-state index is 12.5. The van der Waals surface area contributed by atoms with Crippen LogP contribution in [0, 0.1) is 0 Å². The zero-order chi connectivity index (χ0) is 19.1. The van der Waals surface area contributed by atoms with E-state index in [1.54, 1.807) is 6.07 Å². The zero-order valence-electron chi connectivity index (χ0n) is 12.5. The molecule has 1 saturated heterocycles. The van der Waals surface area contributed by atoms with Crippen molar-refractivity contribution >= 4 is 49.9 Å². The van der Waals surface area contributed by atoms with Crippen molar-refractivity contribution in [2.75, 3.05) is 0 Å². The lowest BCUT2D eigenvalue weighted by atomic mass is 10.0. The Hall–Kier alpha value is -2.53. The van der Waals surface area contributed by atoms with Crippen LogP contribution in [0.15, 0.2) is 41.3 Å². The molecule has 1 N–H and O–H groups in total. The maximum Gasteiger partial charge on any atom is 0.534 e. The molecule has 2 aromatic rings. The van der Waals surface area contributed by atoms with Crippen LogP contribution < -0.4 is 9.50 Å². The van der Waals surface area contributed by atoms with E-state index in [-0.39, 0.29) is 10.3 Å². The van der Waals surface area contributed by atoms with E-state index in [0.717, 1.165) is 6.07 Å². The molecule has 1 heterocycles. The van der Waals surface area contributed by atoms with E-state index in [1.165, 1.54) is 30.3 Å². The number of fused-ring (bicyclic) bond motifs is 1. The Morgan fingerprint density at radius 1 is 1.04 bits per heavy atom. The zero-order valence-corrected chi connectivity index (χ0v) is 14.2. The molecule has 26 heavy (non-hydrogen) atoms. The summed E-state index contributed by atoms with van der Waals surface area (Å²) in [6.45, 7) is 0. The average molecular weight is 403 g/mol. The van der Waals surface area contributed by atoms with Gasteiger partial charge in [0.05, 0.1) is 4.91 Å². The topological polar surface area (TPSA) is 89.5 Å². The molecule has 0 atom stereocenters.